The van der Waals surface area contributed by atoms with Gasteiger partial charge in [0.2, 0.25) is 0 Å². The van der Waals surface area contributed by atoms with Crippen molar-refractivity contribution in [1.82, 2.24) is 5.32 Å². The van der Waals surface area contributed by atoms with Crippen LogP contribution in [-0.2, 0) is 6.42 Å². The molecule has 0 aliphatic rings. The van der Waals surface area contributed by atoms with Crippen molar-refractivity contribution in [3.63, 3.8) is 0 Å². The Morgan fingerprint density at radius 1 is 1.24 bits per heavy atom. The highest BCUT2D eigenvalue weighted by Crippen LogP contribution is 2.16. The van der Waals surface area contributed by atoms with Gasteiger partial charge in [-0.25, -0.2) is 4.39 Å². The molecule has 5 heteroatoms. The molecule has 2 rings (SSSR count). The number of carbonyl (C=O) groups excluding carboxylic acids is 1. The number of aliphatic hydroxyl groups is 1. The third-order valence-electron chi connectivity index (χ3n) is 3.06. The predicted molar refractivity (Wildman–Crippen MR) is 79.9 cm³/mol. The van der Waals surface area contributed by atoms with E-state index in [-0.39, 0.29) is 17.2 Å². The second-order valence-corrected chi connectivity index (χ2v) is 5.08. The van der Waals surface area contributed by atoms with Crippen LogP contribution in [0.15, 0.2) is 48.5 Å². The highest BCUT2D eigenvalue weighted by Gasteiger charge is 2.14. The van der Waals surface area contributed by atoms with E-state index in [2.05, 4.69) is 5.32 Å². The average molecular weight is 308 g/mol. The third kappa shape index (κ3) is 4.28. The van der Waals surface area contributed by atoms with E-state index in [1.165, 1.54) is 12.1 Å². The fourth-order valence-electron chi connectivity index (χ4n) is 1.97. The molecule has 2 aromatic carbocycles. The topological polar surface area (TPSA) is 49.3 Å². The number of amides is 1. The molecule has 1 amide bonds. The summed E-state index contributed by atoms with van der Waals surface area (Å²) in [4.78, 5) is 12.1. The van der Waals surface area contributed by atoms with E-state index < -0.39 is 17.8 Å². The number of rotatable bonds is 5. The fourth-order valence-corrected chi connectivity index (χ4v) is 2.15. The third-order valence-corrected chi connectivity index (χ3v) is 3.35. The van der Waals surface area contributed by atoms with Crippen LogP contribution in [0.25, 0.3) is 0 Å². The lowest BCUT2D eigenvalue weighted by atomic mass is 10.1. The van der Waals surface area contributed by atoms with Crippen LogP contribution in [0.1, 0.15) is 15.9 Å². The lowest BCUT2D eigenvalue weighted by molar-refractivity contribution is 0.0916. The van der Waals surface area contributed by atoms with Gasteiger partial charge >= 0.3 is 0 Å². The molecule has 21 heavy (non-hydrogen) atoms. The quantitative estimate of drug-likeness (QED) is 0.892. The minimum Gasteiger partial charge on any atom is -0.394 e. The lowest BCUT2D eigenvalue weighted by Gasteiger charge is -2.16. The molecule has 0 aromatic heterocycles. The zero-order valence-electron chi connectivity index (χ0n) is 11.2. The molecule has 1 unspecified atom stereocenters. The van der Waals surface area contributed by atoms with Gasteiger partial charge < -0.3 is 10.4 Å². The van der Waals surface area contributed by atoms with Crippen LogP contribution >= 0.6 is 11.6 Å². The fraction of sp³-hybridized carbons (Fsp3) is 0.188. The van der Waals surface area contributed by atoms with Gasteiger partial charge in [0.15, 0.2) is 0 Å². The lowest BCUT2D eigenvalue weighted by Crippen LogP contribution is -2.39. The van der Waals surface area contributed by atoms with Crippen molar-refractivity contribution in [2.45, 2.75) is 12.5 Å². The Morgan fingerprint density at radius 3 is 2.57 bits per heavy atom. The van der Waals surface area contributed by atoms with Crippen molar-refractivity contribution in [1.29, 1.82) is 0 Å². The van der Waals surface area contributed by atoms with Gasteiger partial charge in [-0.05, 0) is 30.2 Å². The first-order chi connectivity index (χ1) is 10.1. The summed E-state index contributed by atoms with van der Waals surface area (Å²) >= 11 is 5.65. The van der Waals surface area contributed by atoms with Gasteiger partial charge in [-0.1, -0.05) is 41.9 Å². The Labute approximate surface area is 127 Å². The maximum absolute atomic E-state index is 13.1. The van der Waals surface area contributed by atoms with Crippen LogP contribution in [0.3, 0.4) is 0 Å². The molecular weight excluding hydrogens is 293 g/mol. The van der Waals surface area contributed by atoms with Gasteiger partial charge in [-0.2, -0.15) is 0 Å². The van der Waals surface area contributed by atoms with Crippen LogP contribution in [0.5, 0.6) is 0 Å². The van der Waals surface area contributed by atoms with Crippen molar-refractivity contribution < 1.29 is 14.3 Å². The SMILES string of the molecule is O=C(NC(CO)Cc1ccccc1)c1ccc(F)c(Cl)c1. The first-order valence-electron chi connectivity index (χ1n) is 6.51. The van der Waals surface area contributed by atoms with E-state index in [0.29, 0.717) is 6.42 Å². The van der Waals surface area contributed by atoms with Gasteiger partial charge in [0, 0.05) is 5.56 Å². The van der Waals surface area contributed by atoms with Crippen LogP contribution in [-0.4, -0.2) is 23.7 Å². The predicted octanol–water partition coefficient (Wildman–Crippen LogP) is 2.81. The standard InChI is InChI=1S/C16H15ClFNO2/c17-14-9-12(6-7-15(14)18)16(21)19-13(10-20)8-11-4-2-1-3-5-11/h1-7,9,13,20H,8,10H2,(H,19,21). The Kier molecular flexibility index (Phi) is 5.31. The molecule has 0 heterocycles. The van der Waals surface area contributed by atoms with E-state index >= 15 is 0 Å². The molecular formula is C16H15ClFNO2. The summed E-state index contributed by atoms with van der Waals surface area (Å²) in [6.07, 6.45) is 0.512. The van der Waals surface area contributed by atoms with Crippen LogP contribution in [0.2, 0.25) is 5.02 Å². The van der Waals surface area contributed by atoms with Crippen molar-refractivity contribution >= 4 is 17.5 Å². The summed E-state index contributed by atoms with van der Waals surface area (Å²) in [5.74, 6) is -0.969. The summed E-state index contributed by atoms with van der Waals surface area (Å²) in [7, 11) is 0. The maximum atomic E-state index is 13.1. The molecule has 1 atom stereocenters. The van der Waals surface area contributed by atoms with E-state index in [9.17, 15) is 14.3 Å². The zero-order valence-corrected chi connectivity index (χ0v) is 12.0. The summed E-state index contributed by atoms with van der Waals surface area (Å²) in [6.45, 7) is -0.185. The van der Waals surface area contributed by atoms with Gasteiger partial charge in [-0.3, -0.25) is 4.79 Å². The number of carbonyl (C=O) groups is 1. The minimum absolute atomic E-state index is 0.105. The summed E-state index contributed by atoms with van der Waals surface area (Å²) < 4.78 is 13.1. The Hall–Kier alpha value is -1.91. The highest BCUT2D eigenvalue weighted by molar-refractivity contribution is 6.31. The summed E-state index contributed by atoms with van der Waals surface area (Å²) in [5, 5.41) is 12.0. The minimum atomic E-state index is -0.573. The molecule has 0 aliphatic carbocycles. The zero-order chi connectivity index (χ0) is 15.2. The Morgan fingerprint density at radius 2 is 1.95 bits per heavy atom. The van der Waals surface area contributed by atoms with Gasteiger partial charge in [0.05, 0.1) is 17.7 Å². The number of nitrogens with one attached hydrogen (secondary N) is 1. The van der Waals surface area contributed by atoms with Crippen LogP contribution < -0.4 is 5.32 Å². The Balaban J connectivity index is 2.04. The molecule has 2 N–H and O–H groups in total. The monoisotopic (exact) mass is 307 g/mol. The number of benzene rings is 2. The summed E-state index contributed by atoms with van der Waals surface area (Å²) in [5.41, 5.74) is 1.27. The van der Waals surface area contributed by atoms with Gasteiger partial charge in [0.25, 0.3) is 5.91 Å². The van der Waals surface area contributed by atoms with Gasteiger partial charge in [-0.15, -0.1) is 0 Å². The van der Waals surface area contributed by atoms with Gasteiger partial charge in [0.1, 0.15) is 5.82 Å². The molecule has 0 saturated heterocycles. The molecule has 110 valence electrons. The number of hydrogen-bond donors (Lipinski definition) is 2. The van der Waals surface area contributed by atoms with Crippen molar-refractivity contribution in [3.8, 4) is 0 Å². The van der Waals surface area contributed by atoms with Crippen LogP contribution in [0.4, 0.5) is 4.39 Å². The largest absolute Gasteiger partial charge is 0.394 e. The van der Waals surface area contributed by atoms with Crippen molar-refractivity contribution in [3.05, 3.63) is 70.5 Å². The first kappa shape index (κ1) is 15.5. The molecule has 0 fully saturated rings. The first-order valence-corrected chi connectivity index (χ1v) is 6.88. The molecule has 0 aliphatic heterocycles. The van der Waals surface area contributed by atoms with Crippen LogP contribution in [0, 0.1) is 5.82 Å². The average Bonchev–Trinajstić information content (AvgIpc) is 2.50. The molecule has 2 aromatic rings. The normalized spacial score (nSPS) is 12.0. The van der Waals surface area contributed by atoms with E-state index in [1.807, 2.05) is 30.3 Å². The molecule has 0 spiro atoms. The Bertz CT molecular complexity index is 619. The van der Waals surface area contributed by atoms with E-state index in [0.717, 1.165) is 11.6 Å². The second-order valence-electron chi connectivity index (χ2n) is 4.67. The van der Waals surface area contributed by atoms with Crippen molar-refractivity contribution in [2.75, 3.05) is 6.61 Å². The van der Waals surface area contributed by atoms with E-state index in [4.69, 9.17) is 11.6 Å². The molecule has 3 nitrogen and oxygen atoms in total. The molecule has 0 bridgehead atoms. The second kappa shape index (κ2) is 7.20. The van der Waals surface area contributed by atoms with E-state index in [1.54, 1.807) is 0 Å². The summed E-state index contributed by atoms with van der Waals surface area (Å²) in [6, 6.07) is 12.9. The maximum Gasteiger partial charge on any atom is 0.251 e. The molecule has 0 saturated carbocycles. The number of aliphatic hydroxyl groups excluding tert-OH is 1. The molecule has 0 radical (unpaired) electrons. The highest BCUT2D eigenvalue weighted by atomic mass is 35.5. The number of halogens is 2. The smallest absolute Gasteiger partial charge is 0.251 e. The number of hydrogen-bond acceptors (Lipinski definition) is 2. The van der Waals surface area contributed by atoms with Crippen molar-refractivity contribution in [2.24, 2.45) is 0 Å².